The maximum atomic E-state index is 12.2. The summed E-state index contributed by atoms with van der Waals surface area (Å²) in [5, 5.41) is 3.20. The van der Waals surface area contributed by atoms with Crippen molar-refractivity contribution in [3.05, 3.63) is 53.7 Å². The topological polar surface area (TPSA) is 84.0 Å². The van der Waals surface area contributed by atoms with E-state index in [4.69, 9.17) is 0 Å². The average molecular weight is 358 g/mol. The first-order chi connectivity index (χ1) is 11.6. The van der Waals surface area contributed by atoms with Crippen molar-refractivity contribution in [3.63, 3.8) is 0 Å². The van der Waals surface area contributed by atoms with E-state index in [1.807, 2.05) is 17.5 Å². The summed E-state index contributed by atoms with van der Waals surface area (Å²) in [5.41, 5.74) is 5.34. The lowest BCUT2D eigenvalue weighted by atomic mass is 10.2. The van der Waals surface area contributed by atoms with Crippen LogP contribution in [0.1, 0.15) is 17.3 Å². The molecule has 0 saturated carbocycles. The van der Waals surface area contributed by atoms with Gasteiger partial charge in [0.2, 0.25) is 0 Å². The molecule has 122 valence electrons. The molecule has 1 atom stereocenters. The maximum Gasteiger partial charge on any atom is 0.269 e. The van der Waals surface area contributed by atoms with Gasteiger partial charge < -0.3 is 0 Å². The van der Waals surface area contributed by atoms with E-state index >= 15 is 0 Å². The predicted molar refractivity (Wildman–Crippen MR) is 94.8 cm³/mol. The van der Waals surface area contributed by atoms with Gasteiger partial charge in [-0.05, 0) is 30.5 Å². The second kappa shape index (κ2) is 7.41. The van der Waals surface area contributed by atoms with Crippen LogP contribution in [0.2, 0.25) is 0 Å². The number of nitrogens with zero attached hydrogens (tertiary/aromatic N) is 2. The molecule has 6 nitrogen and oxygen atoms in total. The molecular formula is C16H14N4O2S2. The summed E-state index contributed by atoms with van der Waals surface area (Å²) < 4.78 is 0. The molecule has 3 aromatic rings. The second-order valence-electron chi connectivity index (χ2n) is 4.89. The number of aromatic nitrogens is 2. The molecule has 2 amide bonds. The largest absolute Gasteiger partial charge is 0.272 e. The number of thioether (sulfide) groups is 1. The second-order valence-corrected chi connectivity index (χ2v) is 7.11. The minimum absolute atomic E-state index is 0.300. The molecule has 2 N–H and O–H groups in total. The predicted octanol–water partition coefficient (Wildman–Crippen LogP) is 2.63. The van der Waals surface area contributed by atoms with Crippen molar-refractivity contribution in [1.29, 1.82) is 0 Å². The van der Waals surface area contributed by atoms with E-state index in [1.54, 1.807) is 31.2 Å². The van der Waals surface area contributed by atoms with Crippen molar-refractivity contribution < 1.29 is 9.59 Å². The molecule has 2 aromatic heterocycles. The molecule has 0 bridgehead atoms. The lowest BCUT2D eigenvalue weighted by Crippen LogP contribution is -2.44. The summed E-state index contributed by atoms with van der Waals surface area (Å²) in [7, 11) is 0. The highest BCUT2D eigenvalue weighted by molar-refractivity contribution is 8.00. The Balaban J connectivity index is 1.59. The van der Waals surface area contributed by atoms with Gasteiger partial charge in [-0.2, -0.15) is 0 Å². The molecule has 0 spiro atoms. The van der Waals surface area contributed by atoms with Crippen LogP contribution in [-0.2, 0) is 4.79 Å². The number of nitrogens with one attached hydrogen (secondary N) is 2. The maximum absolute atomic E-state index is 12.2. The number of thiophene rings is 1. The molecular weight excluding hydrogens is 344 g/mol. The minimum Gasteiger partial charge on any atom is -0.272 e. The Bertz CT molecular complexity index is 867. The molecule has 0 saturated heterocycles. The highest BCUT2D eigenvalue weighted by atomic mass is 32.2. The summed E-state index contributed by atoms with van der Waals surface area (Å²) in [5.74, 6) is -0.658. The highest BCUT2D eigenvalue weighted by Crippen LogP contribution is 2.30. The summed E-state index contributed by atoms with van der Waals surface area (Å²) in [6.45, 7) is 1.76. The number of hydrogen-bond acceptors (Lipinski definition) is 6. The summed E-state index contributed by atoms with van der Waals surface area (Å²) in [6, 6.07) is 10.6. The van der Waals surface area contributed by atoms with E-state index in [-0.39, 0.29) is 11.8 Å². The Labute approximate surface area is 146 Å². The van der Waals surface area contributed by atoms with Crippen LogP contribution < -0.4 is 10.9 Å². The summed E-state index contributed by atoms with van der Waals surface area (Å²) >= 11 is 2.85. The van der Waals surface area contributed by atoms with Crippen molar-refractivity contribution in [1.82, 2.24) is 20.8 Å². The number of carbonyl (C=O) groups is 2. The number of rotatable bonds is 4. The van der Waals surface area contributed by atoms with Crippen molar-refractivity contribution in [2.24, 2.45) is 0 Å². The summed E-state index contributed by atoms with van der Waals surface area (Å²) in [6.07, 6.45) is 1.49. The van der Waals surface area contributed by atoms with Gasteiger partial charge in [0.05, 0.1) is 5.25 Å². The van der Waals surface area contributed by atoms with Crippen LogP contribution in [0.25, 0.3) is 10.2 Å². The molecule has 0 aliphatic rings. The van der Waals surface area contributed by atoms with Crippen LogP contribution in [0.5, 0.6) is 0 Å². The van der Waals surface area contributed by atoms with Crippen LogP contribution in [0, 0.1) is 0 Å². The van der Waals surface area contributed by atoms with Gasteiger partial charge in [-0.25, -0.2) is 9.97 Å². The monoisotopic (exact) mass is 358 g/mol. The van der Waals surface area contributed by atoms with Gasteiger partial charge in [-0.3, -0.25) is 20.4 Å². The third kappa shape index (κ3) is 3.72. The van der Waals surface area contributed by atoms with Crippen LogP contribution in [0.15, 0.2) is 53.1 Å². The zero-order valence-corrected chi connectivity index (χ0v) is 14.4. The number of hydrazine groups is 1. The fraction of sp³-hybridized carbons (Fsp3) is 0.125. The number of amides is 2. The molecule has 2 heterocycles. The SMILES string of the molecule is C[C@H](Sc1ncnc2sccc12)C(=O)NNC(=O)c1ccccc1. The van der Waals surface area contributed by atoms with Gasteiger partial charge in [0.15, 0.2) is 0 Å². The lowest BCUT2D eigenvalue weighted by Gasteiger charge is -2.12. The Hall–Kier alpha value is -2.45. The fourth-order valence-corrected chi connectivity index (χ4v) is 3.66. The van der Waals surface area contributed by atoms with E-state index in [9.17, 15) is 9.59 Å². The van der Waals surface area contributed by atoms with E-state index in [1.165, 1.54) is 29.4 Å². The molecule has 1 aromatic carbocycles. The third-order valence-electron chi connectivity index (χ3n) is 3.22. The number of benzene rings is 1. The van der Waals surface area contributed by atoms with E-state index in [0.29, 0.717) is 5.56 Å². The number of hydrogen-bond donors (Lipinski definition) is 2. The van der Waals surface area contributed by atoms with Crippen molar-refractivity contribution in [2.45, 2.75) is 17.2 Å². The van der Waals surface area contributed by atoms with Crippen LogP contribution in [0.3, 0.4) is 0 Å². The molecule has 0 radical (unpaired) electrons. The average Bonchev–Trinajstić information content (AvgIpc) is 3.10. The third-order valence-corrected chi connectivity index (χ3v) is 5.15. The van der Waals surface area contributed by atoms with Gasteiger partial charge >= 0.3 is 0 Å². The van der Waals surface area contributed by atoms with Gasteiger partial charge in [-0.15, -0.1) is 11.3 Å². The Morgan fingerprint density at radius 2 is 1.92 bits per heavy atom. The van der Waals surface area contributed by atoms with Crippen LogP contribution >= 0.6 is 23.1 Å². The first-order valence-electron chi connectivity index (χ1n) is 7.15. The first kappa shape index (κ1) is 16.4. The van der Waals surface area contributed by atoms with Crippen molar-refractivity contribution in [3.8, 4) is 0 Å². The van der Waals surface area contributed by atoms with Crippen LogP contribution in [-0.4, -0.2) is 27.0 Å². The smallest absolute Gasteiger partial charge is 0.269 e. The fourth-order valence-electron chi connectivity index (χ4n) is 1.96. The van der Waals surface area contributed by atoms with Crippen LogP contribution in [0.4, 0.5) is 0 Å². The first-order valence-corrected chi connectivity index (χ1v) is 8.91. The highest BCUT2D eigenvalue weighted by Gasteiger charge is 2.18. The molecule has 0 aliphatic heterocycles. The quantitative estimate of drug-likeness (QED) is 0.425. The minimum atomic E-state index is -0.418. The normalized spacial score (nSPS) is 11.9. The van der Waals surface area contributed by atoms with E-state index in [2.05, 4.69) is 20.8 Å². The Kier molecular flexibility index (Phi) is 5.07. The van der Waals surface area contributed by atoms with Gasteiger partial charge in [0.1, 0.15) is 16.2 Å². The van der Waals surface area contributed by atoms with Gasteiger partial charge in [0, 0.05) is 10.9 Å². The molecule has 0 unspecified atom stereocenters. The zero-order chi connectivity index (χ0) is 16.9. The van der Waals surface area contributed by atoms with Gasteiger partial charge in [0.25, 0.3) is 11.8 Å². The molecule has 0 fully saturated rings. The van der Waals surface area contributed by atoms with Crippen molar-refractivity contribution in [2.75, 3.05) is 0 Å². The standard InChI is InChI=1S/C16H14N4O2S2/c1-10(24-16-12-7-8-23-15(12)17-9-18-16)13(21)19-20-14(22)11-5-3-2-4-6-11/h2-10H,1H3,(H,19,21)(H,20,22)/t10-/m0/s1. The Morgan fingerprint density at radius 1 is 1.12 bits per heavy atom. The molecule has 0 aliphatic carbocycles. The zero-order valence-electron chi connectivity index (χ0n) is 12.7. The lowest BCUT2D eigenvalue weighted by molar-refractivity contribution is -0.121. The number of fused-ring (bicyclic) bond motifs is 1. The Morgan fingerprint density at radius 3 is 2.71 bits per heavy atom. The molecule has 8 heteroatoms. The summed E-state index contributed by atoms with van der Waals surface area (Å²) in [4.78, 5) is 33.4. The molecule has 24 heavy (non-hydrogen) atoms. The van der Waals surface area contributed by atoms with E-state index in [0.717, 1.165) is 15.2 Å². The molecule has 3 rings (SSSR count). The van der Waals surface area contributed by atoms with E-state index < -0.39 is 5.25 Å². The van der Waals surface area contributed by atoms with Gasteiger partial charge in [-0.1, -0.05) is 30.0 Å². The van der Waals surface area contributed by atoms with Crippen molar-refractivity contribution >= 4 is 45.1 Å². The number of carbonyl (C=O) groups excluding carboxylic acids is 2.